The van der Waals surface area contributed by atoms with Gasteiger partial charge in [-0.05, 0) is 38.8 Å². The predicted molar refractivity (Wildman–Crippen MR) is 106 cm³/mol. The number of rotatable bonds is 3. The van der Waals surface area contributed by atoms with Crippen LogP contribution in [0.4, 0.5) is 5.69 Å². The average Bonchev–Trinajstić information content (AvgIpc) is 3.18. The summed E-state index contributed by atoms with van der Waals surface area (Å²) in [6.07, 6.45) is 2.25. The molecule has 1 amide bonds. The van der Waals surface area contributed by atoms with Gasteiger partial charge in [-0.25, -0.2) is 4.98 Å². The third-order valence-corrected chi connectivity index (χ3v) is 6.10. The largest absolute Gasteiger partial charge is 0.323 e. The number of aryl methyl sites for hydroxylation is 1. The highest BCUT2D eigenvalue weighted by Gasteiger charge is 2.26. The summed E-state index contributed by atoms with van der Waals surface area (Å²) < 4.78 is 1.25. The fourth-order valence-electron chi connectivity index (χ4n) is 3.66. The van der Waals surface area contributed by atoms with E-state index in [1.807, 2.05) is 24.7 Å². The summed E-state index contributed by atoms with van der Waals surface area (Å²) in [4.78, 5) is 18.3. The van der Waals surface area contributed by atoms with Crippen LogP contribution in [0.3, 0.4) is 0 Å². The summed E-state index contributed by atoms with van der Waals surface area (Å²) in [5.41, 5.74) is 3.73. The molecule has 1 aromatic carbocycles. The zero-order chi connectivity index (χ0) is 18.3. The van der Waals surface area contributed by atoms with Gasteiger partial charge in [0, 0.05) is 25.9 Å². The minimum absolute atomic E-state index is 0.0678. The van der Waals surface area contributed by atoms with Crippen molar-refractivity contribution in [3.05, 3.63) is 40.7 Å². The summed E-state index contributed by atoms with van der Waals surface area (Å²) >= 11 is 1.80. The number of nitrogens with zero attached hydrogens (tertiary/aromatic N) is 4. The number of fused-ring (bicyclic) bond motifs is 1. The van der Waals surface area contributed by atoms with Crippen LogP contribution in [0.1, 0.15) is 42.1 Å². The van der Waals surface area contributed by atoms with Crippen molar-refractivity contribution in [1.82, 2.24) is 14.9 Å². The molecular weight excluding hydrogens is 346 g/mol. The second kappa shape index (κ2) is 6.72. The molecular formula is C19H23N5OS. The van der Waals surface area contributed by atoms with Gasteiger partial charge in [-0.2, -0.15) is 9.89 Å². The highest BCUT2D eigenvalue weighted by Crippen LogP contribution is 2.33. The number of hydrogen-bond donors (Lipinski definition) is 1. The maximum Gasteiger partial charge on any atom is 0.221 e. The van der Waals surface area contributed by atoms with Gasteiger partial charge in [0.25, 0.3) is 0 Å². The molecule has 4 rings (SSSR count). The van der Waals surface area contributed by atoms with Crippen molar-refractivity contribution in [2.75, 3.05) is 23.4 Å². The molecule has 6 nitrogen and oxygen atoms in total. The Morgan fingerprint density at radius 1 is 1.31 bits per heavy atom. The quantitative estimate of drug-likeness (QED) is 0.766. The van der Waals surface area contributed by atoms with Crippen LogP contribution in [0, 0.1) is 13.8 Å². The molecule has 1 aliphatic rings. The minimum Gasteiger partial charge on any atom is -0.323 e. The van der Waals surface area contributed by atoms with E-state index in [0.717, 1.165) is 48.5 Å². The molecule has 136 valence electrons. The molecule has 1 N–H and O–H groups in total. The summed E-state index contributed by atoms with van der Waals surface area (Å²) in [5, 5.41) is 11.1. The number of piperidine rings is 1. The molecule has 0 radical (unpaired) electrons. The Labute approximate surface area is 156 Å². The van der Waals surface area contributed by atoms with Crippen molar-refractivity contribution in [3.63, 3.8) is 0 Å². The SMILES string of the molecule is CC(=O)Nc1c(C)nn(N2CCCC(c3nc4ccccc4s3)C2)c1C. The fourth-order valence-corrected chi connectivity index (χ4v) is 4.75. The van der Waals surface area contributed by atoms with E-state index in [9.17, 15) is 4.79 Å². The van der Waals surface area contributed by atoms with Gasteiger partial charge in [0.05, 0.1) is 32.3 Å². The maximum atomic E-state index is 11.5. The Morgan fingerprint density at radius 3 is 2.88 bits per heavy atom. The molecule has 3 heterocycles. The van der Waals surface area contributed by atoms with Crippen molar-refractivity contribution in [2.45, 2.75) is 39.5 Å². The maximum absolute atomic E-state index is 11.5. The number of aromatic nitrogens is 3. The third-order valence-electron chi connectivity index (χ3n) is 4.90. The number of hydrogen-bond acceptors (Lipinski definition) is 5. The van der Waals surface area contributed by atoms with Crippen LogP contribution in [0.25, 0.3) is 10.2 Å². The standard InChI is InChI=1S/C19H23N5OS/c1-12-18(20-14(3)25)13(2)24(22-12)23-10-6-7-15(11-23)19-21-16-8-4-5-9-17(16)26-19/h4-5,8-9,15H,6-7,10-11H2,1-3H3,(H,20,25). The van der Waals surface area contributed by atoms with Gasteiger partial charge in [0.2, 0.25) is 5.91 Å². The molecule has 0 saturated carbocycles. The van der Waals surface area contributed by atoms with Crippen molar-refractivity contribution in [1.29, 1.82) is 0 Å². The molecule has 0 bridgehead atoms. The van der Waals surface area contributed by atoms with Gasteiger partial charge in [-0.1, -0.05) is 12.1 Å². The first-order valence-electron chi connectivity index (χ1n) is 8.97. The molecule has 0 aliphatic carbocycles. The lowest BCUT2D eigenvalue weighted by atomic mass is 10.00. The van der Waals surface area contributed by atoms with Crippen LogP contribution in [0.2, 0.25) is 0 Å². The monoisotopic (exact) mass is 369 g/mol. The number of anilines is 1. The Morgan fingerprint density at radius 2 is 2.12 bits per heavy atom. The molecule has 7 heteroatoms. The van der Waals surface area contributed by atoms with Crippen molar-refractivity contribution in [2.24, 2.45) is 0 Å². The van der Waals surface area contributed by atoms with Gasteiger partial charge >= 0.3 is 0 Å². The second-order valence-corrected chi connectivity index (χ2v) is 7.95. The first kappa shape index (κ1) is 17.0. The summed E-state index contributed by atoms with van der Waals surface area (Å²) in [7, 11) is 0. The lowest BCUT2D eigenvalue weighted by Gasteiger charge is -2.33. The van der Waals surface area contributed by atoms with Crippen molar-refractivity contribution < 1.29 is 4.79 Å². The van der Waals surface area contributed by atoms with E-state index in [-0.39, 0.29) is 5.91 Å². The number of carbonyl (C=O) groups excluding carboxylic acids is 1. The first-order chi connectivity index (χ1) is 12.5. The first-order valence-corrected chi connectivity index (χ1v) is 9.79. The highest BCUT2D eigenvalue weighted by molar-refractivity contribution is 7.18. The summed E-state index contributed by atoms with van der Waals surface area (Å²) in [6, 6.07) is 8.32. The van der Waals surface area contributed by atoms with Crippen LogP contribution >= 0.6 is 11.3 Å². The van der Waals surface area contributed by atoms with Gasteiger partial charge in [-0.3, -0.25) is 9.80 Å². The minimum atomic E-state index is -0.0678. The van der Waals surface area contributed by atoms with E-state index < -0.39 is 0 Å². The van der Waals surface area contributed by atoms with Gasteiger partial charge < -0.3 is 5.32 Å². The molecule has 1 fully saturated rings. The Kier molecular flexibility index (Phi) is 4.40. The Bertz CT molecular complexity index is 927. The van der Waals surface area contributed by atoms with Gasteiger partial charge in [-0.15, -0.1) is 11.3 Å². The number of nitrogens with one attached hydrogen (secondary N) is 1. The van der Waals surface area contributed by atoms with Crippen LogP contribution in [0.5, 0.6) is 0 Å². The van der Waals surface area contributed by atoms with E-state index >= 15 is 0 Å². The zero-order valence-electron chi connectivity index (χ0n) is 15.3. The van der Waals surface area contributed by atoms with Gasteiger partial charge in [0.1, 0.15) is 0 Å². The van der Waals surface area contributed by atoms with E-state index in [4.69, 9.17) is 4.98 Å². The molecule has 1 unspecified atom stereocenters. The van der Waals surface area contributed by atoms with Crippen LogP contribution in [-0.4, -0.2) is 33.9 Å². The van der Waals surface area contributed by atoms with E-state index in [2.05, 4.69) is 33.6 Å². The summed E-state index contributed by atoms with van der Waals surface area (Å²) in [5.74, 6) is 0.344. The van der Waals surface area contributed by atoms with Crippen LogP contribution in [0.15, 0.2) is 24.3 Å². The topological polar surface area (TPSA) is 63.1 Å². The highest BCUT2D eigenvalue weighted by atomic mass is 32.1. The molecule has 1 saturated heterocycles. The molecule has 0 spiro atoms. The van der Waals surface area contributed by atoms with Crippen molar-refractivity contribution in [3.8, 4) is 0 Å². The number of carbonyl (C=O) groups is 1. The number of benzene rings is 1. The molecule has 1 aliphatic heterocycles. The van der Waals surface area contributed by atoms with Gasteiger partial charge in [0.15, 0.2) is 0 Å². The normalized spacial score (nSPS) is 17.7. The molecule has 1 atom stereocenters. The second-order valence-electron chi connectivity index (χ2n) is 6.89. The molecule has 26 heavy (non-hydrogen) atoms. The Balaban J connectivity index is 1.60. The molecule has 2 aromatic heterocycles. The number of para-hydroxylation sites is 1. The smallest absolute Gasteiger partial charge is 0.221 e. The lowest BCUT2D eigenvalue weighted by Crippen LogP contribution is -2.43. The predicted octanol–water partition coefficient (Wildman–Crippen LogP) is 3.58. The lowest BCUT2D eigenvalue weighted by molar-refractivity contribution is -0.114. The van der Waals surface area contributed by atoms with E-state index in [0.29, 0.717) is 5.92 Å². The Hall–Kier alpha value is -2.41. The van der Waals surface area contributed by atoms with Crippen LogP contribution in [-0.2, 0) is 4.79 Å². The zero-order valence-corrected chi connectivity index (χ0v) is 16.1. The summed E-state index contributed by atoms with van der Waals surface area (Å²) in [6.45, 7) is 7.32. The average molecular weight is 369 g/mol. The number of thiazole rings is 1. The number of amides is 1. The third kappa shape index (κ3) is 3.07. The van der Waals surface area contributed by atoms with E-state index in [1.54, 1.807) is 11.3 Å². The molecule has 3 aromatic rings. The fraction of sp³-hybridized carbons (Fsp3) is 0.421. The van der Waals surface area contributed by atoms with Crippen molar-refractivity contribution >= 4 is 33.1 Å². The van der Waals surface area contributed by atoms with E-state index in [1.165, 1.54) is 16.6 Å². The van der Waals surface area contributed by atoms with Crippen LogP contribution < -0.4 is 10.3 Å².